The number of hydrogen-bond donors (Lipinski definition) is 4. The first kappa shape index (κ1) is 26.0. The molecule has 36 heavy (non-hydrogen) atoms. The molecule has 2 aromatic carbocycles. The zero-order valence-electron chi connectivity index (χ0n) is 19.0. The lowest BCUT2D eigenvalue weighted by atomic mass is 10.2. The van der Waals surface area contributed by atoms with E-state index in [1.165, 1.54) is 7.11 Å². The number of H-pyrrole nitrogens is 1. The zero-order chi connectivity index (χ0) is 26.6. The van der Waals surface area contributed by atoms with Gasteiger partial charge in [-0.2, -0.15) is 18.2 Å². The van der Waals surface area contributed by atoms with Crippen LogP contribution in [-0.2, 0) is 4.79 Å². The number of carboxylic acid groups (broad SMARTS) is 1. The Kier molecular flexibility index (Phi) is 7.46. The van der Waals surface area contributed by atoms with Crippen LogP contribution in [0.1, 0.15) is 11.1 Å². The second-order valence-corrected chi connectivity index (χ2v) is 7.31. The fraction of sp³-hybridized carbons (Fsp3) is 0.182. The second kappa shape index (κ2) is 10.3. The average Bonchev–Trinajstić information content (AvgIpc) is 3.17. The number of fused-ring (bicyclic) bond motifs is 1. The van der Waals surface area contributed by atoms with E-state index in [1.807, 2.05) is 6.92 Å². The molecule has 0 radical (unpaired) electrons. The third-order valence-corrected chi connectivity index (χ3v) is 4.59. The quantitative estimate of drug-likeness (QED) is 0.279. The van der Waals surface area contributed by atoms with Crippen molar-refractivity contribution in [1.82, 2.24) is 15.0 Å². The molecule has 4 rings (SSSR count). The Labute approximate surface area is 200 Å². The first-order valence-electron chi connectivity index (χ1n) is 10.0. The number of halogens is 4. The largest absolute Gasteiger partial charge is 0.494 e. The molecule has 0 saturated carbocycles. The molecule has 0 unspecified atom stereocenters. The molecule has 0 saturated heterocycles. The van der Waals surface area contributed by atoms with E-state index in [9.17, 15) is 22.4 Å². The van der Waals surface area contributed by atoms with Gasteiger partial charge in [0, 0.05) is 29.2 Å². The van der Waals surface area contributed by atoms with Crippen LogP contribution in [0.15, 0.2) is 45.7 Å². The minimum absolute atomic E-state index is 0.139. The maximum atomic E-state index is 14.0. The molecule has 0 aliphatic carbocycles. The Morgan fingerprint density at radius 3 is 2.44 bits per heavy atom. The van der Waals surface area contributed by atoms with E-state index in [-0.39, 0.29) is 5.75 Å². The van der Waals surface area contributed by atoms with Crippen LogP contribution in [0.25, 0.3) is 11.1 Å². The van der Waals surface area contributed by atoms with E-state index < -0.39 is 23.7 Å². The molecular formula is C22H19F4N5O5. The molecule has 10 nitrogen and oxygen atoms in total. The highest BCUT2D eigenvalue weighted by Gasteiger charge is 2.38. The maximum absolute atomic E-state index is 14.0. The lowest BCUT2D eigenvalue weighted by molar-refractivity contribution is -0.192. The van der Waals surface area contributed by atoms with E-state index in [1.54, 1.807) is 43.5 Å². The van der Waals surface area contributed by atoms with Gasteiger partial charge < -0.3 is 24.9 Å². The number of carbonyl (C=O) groups is 1. The van der Waals surface area contributed by atoms with E-state index >= 15 is 0 Å². The van der Waals surface area contributed by atoms with Gasteiger partial charge in [0.2, 0.25) is 5.95 Å². The number of aryl methyl sites for hydroxylation is 2. The van der Waals surface area contributed by atoms with Gasteiger partial charge in [-0.15, -0.1) is 0 Å². The summed E-state index contributed by atoms with van der Waals surface area (Å²) in [4.78, 5) is 31.6. The highest BCUT2D eigenvalue weighted by atomic mass is 19.4. The third-order valence-electron chi connectivity index (χ3n) is 4.59. The van der Waals surface area contributed by atoms with Crippen molar-refractivity contribution in [3.05, 3.63) is 64.0 Å². The lowest BCUT2D eigenvalue weighted by Crippen LogP contribution is -2.21. The van der Waals surface area contributed by atoms with Gasteiger partial charge in [-0.05, 0) is 43.7 Å². The number of aromatic amines is 1. The van der Waals surface area contributed by atoms with E-state index in [4.69, 9.17) is 19.1 Å². The van der Waals surface area contributed by atoms with Crippen LogP contribution in [0.2, 0.25) is 0 Å². The van der Waals surface area contributed by atoms with E-state index in [0.717, 1.165) is 11.3 Å². The van der Waals surface area contributed by atoms with Crippen LogP contribution >= 0.6 is 0 Å². The fourth-order valence-corrected chi connectivity index (χ4v) is 2.88. The Hall–Kier alpha value is -4.62. The van der Waals surface area contributed by atoms with Gasteiger partial charge in [-0.25, -0.2) is 19.0 Å². The Morgan fingerprint density at radius 1 is 1.11 bits per heavy atom. The maximum Gasteiger partial charge on any atom is 0.490 e. The van der Waals surface area contributed by atoms with Gasteiger partial charge >= 0.3 is 17.9 Å². The van der Waals surface area contributed by atoms with Crippen molar-refractivity contribution >= 4 is 40.2 Å². The van der Waals surface area contributed by atoms with Crippen LogP contribution < -0.4 is 21.1 Å². The Morgan fingerprint density at radius 2 is 1.81 bits per heavy atom. The van der Waals surface area contributed by atoms with Gasteiger partial charge in [-0.1, -0.05) is 0 Å². The molecule has 2 aromatic heterocycles. The van der Waals surface area contributed by atoms with Crippen LogP contribution in [-0.4, -0.2) is 39.3 Å². The monoisotopic (exact) mass is 509 g/mol. The number of aromatic nitrogens is 3. The van der Waals surface area contributed by atoms with E-state index in [2.05, 4.69) is 25.6 Å². The normalized spacial score (nSPS) is 11.0. The Bertz CT molecular complexity index is 1470. The molecule has 0 aliphatic heterocycles. The third kappa shape index (κ3) is 6.28. The van der Waals surface area contributed by atoms with E-state index in [0.29, 0.717) is 34.1 Å². The number of oxazole rings is 1. The highest BCUT2D eigenvalue weighted by Crippen LogP contribution is 2.28. The molecular weight excluding hydrogens is 490 g/mol. The average molecular weight is 509 g/mol. The predicted molar refractivity (Wildman–Crippen MR) is 122 cm³/mol. The standard InChI is InChI=1S/C20H18FN5O3.C2HF3O2/c1-10-6-13(8-16(28-3)17(10)21)24-19-22-9-11(2)18(26-19)23-12-4-5-15-14(7-12)25-20(27)29-15;3-2(4,5)1(6)7/h4-9H,1-3H3,(H,25,27)(H2,22,23,24,26);(H,6,7). The molecule has 0 bridgehead atoms. The van der Waals surface area contributed by atoms with Crippen molar-refractivity contribution in [3.63, 3.8) is 0 Å². The van der Waals surface area contributed by atoms with Crippen LogP contribution in [0.3, 0.4) is 0 Å². The first-order valence-corrected chi connectivity index (χ1v) is 10.0. The van der Waals surface area contributed by atoms with Crippen LogP contribution in [0, 0.1) is 19.7 Å². The number of ether oxygens (including phenoxy) is 1. The van der Waals surface area contributed by atoms with Crippen molar-refractivity contribution in [3.8, 4) is 5.75 Å². The smallest absolute Gasteiger partial charge is 0.490 e. The van der Waals surface area contributed by atoms with Gasteiger partial charge in [0.15, 0.2) is 17.1 Å². The molecule has 2 heterocycles. The summed E-state index contributed by atoms with van der Waals surface area (Å²) < 4.78 is 55.8. The molecule has 0 amide bonds. The summed E-state index contributed by atoms with van der Waals surface area (Å²) in [6, 6.07) is 8.42. The van der Waals surface area contributed by atoms with Crippen LogP contribution in [0.5, 0.6) is 5.75 Å². The lowest BCUT2D eigenvalue weighted by Gasteiger charge is -2.12. The summed E-state index contributed by atoms with van der Waals surface area (Å²) >= 11 is 0. The first-order chi connectivity index (χ1) is 16.9. The minimum atomic E-state index is -5.08. The summed E-state index contributed by atoms with van der Waals surface area (Å²) in [7, 11) is 1.41. The Balaban J connectivity index is 0.000000454. The molecule has 0 aliphatic rings. The summed E-state index contributed by atoms with van der Waals surface area (Å²) in [6.45, 7) is 3.53. The molecule has 0 spiro atoms. The highest BCUT2D eigenvalue weighted by molar-refractivity contribution is 5.78. The summed E-state index contributed by atoms with van der Waals surface area (Å²) in [5.41, 5.74) is 3.65. The van der Waals surface area contributed by atoms with Gasteiger partial charge in [0.25, 0.3) is 0 Å². The number of rotatable bonds is 5. The number of nitrogens with one attached hydrogen (secondary N) is 3. The molecule has 14 heteroatoms. The SMILES string of the molecule is COc1cc(Nc2ncc(C)c(Nc3ccc4oc(=O)[nH]c4c3)n2)cc(C)c1F.O=C(O)C(F)(F)F. The van der Waals surface area contributed by atoms with Crippen molar-refractivity contribution in [2.75, 3.05) is 17.7 Å². The van der Waals surface area contributed by atoms with Crippen molar-refractivity contribution < 1.29 is 36.6 Å². The zero-order valence-corrected chi connectivity index (χ0v) is 19.0. The summed E-state index contributed by atoms with van der Waals surface area (Å²) in [6.07, 6.45) is -3.41. The minimum Gasteiger partial charge on any atom is -0.494 e. The topological polar surface area (TPSA) is 142 Å². The second-order valence-electron chi connectivity index (χ2n) is 7.31. The number of anilines is 4. The number of benzene rings is 2. The number of carboxylic acids is 1. The molecule has 0 atom stereocenters. The fourth-order valence-electron chi connectivity index (χ4n) is 2.88. The molecule has 190 valence electrons. The van der Waals surface area contributed by atoms with Crippen molar-refractivity contribution in [2.24, 2.45) is 0 Å². The van der Waals surface area contributed by atoms with Crippen molar-refractivity contribution in [2.45, 2.75) is 20.0 Å². The number of hydrogen-bond acceptors (Lipinski definition) is 8. The molecule has 4 N–H and O–H groups in total. The molecule has 4 aromatic rings. The van der Waals surface area contributed by atoms with Gasteiger partial charge in [0.1, 0.15) is 5.82 Å². The van der Waals surface area contributed by atoms with Gasteiger partial charge in [-0.3, -0.25) is 4.98 Å². The summed E-state index contributed by atoms with van der Waals surface area (Å²) in [5, 5.41) is 13.4. The number of methoxy groups -OCH3 is 1. The number of alkyl halides is 3. The van der Waals surface area contributed by atoms with Crippen LogP contribution in [0.4, 0.5) is 40.7 Å². The van der Waals surface area contributed by atoms with Gasteiger partial charge in [0.05, 0.1) is 12.6 Å². The molecule has 0 fully saturated rings. The van der Waals surface area contributed by atoms with Crippen molar-refractivity contribution in [1.29, 1.82) is 0 Å². The predicted octanol–water partition coefficient (Wildman–Crippen LogP) is 4.80. The number of aliphatic carboxylic acids is 1. The number of nitrogens with zero attached hydrogens (tertiary/aromatic N) is 2. The summed E-state index contributed by atoms with van der Waals surface area (Å²) in [5.74, 6) is -2.61.